The van der Waals surface area contributed by atoms with Gasteiger partial charge in [0, 0.05) is 25.7 Å². The van der Waals surface area contributed by atoms with Crippen molar-refractivity contribution in [1.29, 1.82) is 0 Å². The molecule has 0 aromatic carbocycles. The van der Waals surface area contributed by atoms with E-state index in [0.717, 1.165) is 48.9 Å². The van der Waals surface area contributed by atoms with Crippen LogP contribution in [0.1, 0.15) is 6.92 Å². The average molecular weight is 278 g/mol. The first-order valence-corrected chi connectivity index (χ1v) is 7.46. The van der Waals surface area contributed by atoms with E-state index in [1.807, 2.05) is 6.07 Å². The van der Waals surface area contributed by atoms with E-state index in [1.165, 1.54) is 0 Å². The summed E-state index contributed by atoms with van der Waals surface area (Å²) in [4.78, 5) is 11.0. The second-order valence-electron chi connectivity index (χ2n) is 4.82. The lowest BCUT2D eigenvalue weighted by Gasteiger charge is -2.29. The van der Waals surface area contributed by atoms with E-state index in [0.29, 0.717) is 6.04 Å². The lowest BCUT2D eigenvalue weighted by atomic mass is 10.3. The van der Waals surface area contributed by atoms with Gasteiger partial charge in [-0.15, -0.1) is 11.3 Å². The maximum atomic E-state index is 5.37. The molecule has 1 saturated heterocycles. The van der Waals surface area contributed by atoms with Gasteiger partial charge in [0.1, 0.15) is 12.1 Å². The number of anilines is 1. The molecule has 1 N–H and O–H groups in total. The molecule has 6 heteroatoms. The van der Waals surface area contributed by atoms with Gasteiger partial charge in [-0.05, 0) is 18.4 Å². The first-order valence-electron chi connectivity index (χ1n) is 6.58. The SMILES string of the molecule is CC(CN1CCOCC1)Nc1ncnc2ccsc12. The van der Waals surface area contributed by atoms with Gasteiger partial charge >= 0.3 is 0 Å². The number of hydrogen-bond acceptors (Lipinski definition) is 6. The monoisotopic (exact) mass is 278 g/mol. The number of hydrogen-bond donors (Lipinski definition) is 1. The molecule has 2 aromatic heterocycles. The largest absolute Gasteiger partial charge is 0.379 e. The van der Waals surface area contributed by atoms with Crippen LogP contribution in [-0.2, 0) is 4.74 Å². The first kappa shape index (κ1) is 12.8. The van der Waals surface area contributed by atoms with Crippen LogP contribution in [-0.4, -0.2) is 53.8 Å². The normalized spacial score (nSPS) is 18.6. The van der Waals surface area contributed by atoms with E-state index in [9.17, 15) is 0 Å². The summed E-state index contributed by atoms with van der Waals surface area (Å²) in [5, 5.41) is 5.55. The Balaban J connectivity index is 1.65. The zero-order chi connectivity index (χ0) is 13.1. The van der Waals surface area contributed by atoms with Crippen LogP contribution in [0.25, 0.3) is 10.2 Å². The smallest absolute Gasteiger partial charge is 0.147 e. The summed E-state index contributed by atoms with van der Waals surface area (Å²) < 4.78 is 6.50. The highest BCUT2D eigenvalue weighted by Gasteiger charge is 2.15. The lowest BCUT2D eigenvalue weighted by molar-refractivity contribution is 0.0368. The third kappa shape index (κ3) is 3.02. The third-order valence-corrected chi connectivity index (χ3v) is 4.17. The molecule has 19 heavy (non-hydrogen) atoms. The highest BCUT2D eigenvalue weighted by atomic mass is 32.1. The Kier molecular flexibility index (Phi) is 3.91. The Hall–Kier alpha value is -1.24. The lowest BCUT2D eigenvalue weighted by Crippen LogP contribution is -2.42. The van der Waals surface area contributed by atoms with Crippen LogP contribution >= 0.6 is 11.3 Å². The Morgan fingerprint density at radius 3 is 3.11 bits per heavy atom. The molecule has 2 aromatic rings. The van der Waals surface area contributed by atoms with Crippen LogP contribution in [0.5, 0.6) is 0 Å². The van der Waals surface area contributed by atoms with Crippen molar-refractivity contribution in [2.75, 3.05) is 38.2 Å². The number of morpholine rings is 1. The standard InChI is InChI=1S/C13H18N4OS/c1-10(8-17-3-5-18-6-4-17)16-13-12-11(2-7-19-12)14-9-15-13/h2,7,9-10H,3-6,8H2,1H3,(H,14,15,16). The maximum Gasteiger partial charge on any atom is 0.147 e. The Morgan fingerprint density at radius 2 is 2.26 bits per heavy atom. The summed E-state index contributed by atoms with van der Waals surface area (Å²) in [6, 6.07) is 2.39. The molecule has 0 bridgehead atoms. The number of aromatic nitrogens is 2. The van der Waals surface area contributed by atoms with Crippen LogP contribution in [0.3, 0.4) is 0 Å². The molecule has 0 amide bonds. The Labute approximate surface area is 116 Å². The fourth-order valence-corrected chi connectivity index (χ4v) is 3.14. The molecule has 1 aliphatic rings. The minimum absolute atomic E-state index is 0.360. The molecule has 0 saturated carbocycles. The summed E-state index contributed by atoms with van der Waals surface area (Å²) in [6.45, 7) is 6.93. The first-order chi connectivity index (χ1) is 9.33. The van der Waals surface area contributed by atoms with Crippen molar-refractivity contribution in [3.63, 3.8) is 0 Å². The summed E-state index contributed by atoms with van der Waals surface area (Å²) >= 11 is 1.68. The third-order valence-electron chi connectivity index (χ3n) is 3.26. The molecule has 1 unspecified atom stereocenters. The summed E-state index contributed by atoms with van der Waals surface area (Å²) in [6.07, 6.45) is 1.62. The molecule has 1 atom stereocenters. The van der Waals surface area contributed by atoms with E-state index in [-0.39, 0.29) is 0 Å². The molecule has 0 spiro atoms. The number of rotatable bonds is 4. The van der Waals surface area contributed by atoms with Gasteiger partial charge < -0.3 is 10.1 Å². The van der Waals surface area contributed by atoms with E-state index in [4.69, 9.17) is 4.74 Å². The number of fused-ring (bicyclic) bond motifs is 1. The second-order valence-corrected chi connectivity index (χ2v) is 5.73. The summed E-state index contributed by atoms with van der Waals surface area (Å²) in [5.41, 5.74) is 1.01. The Morgan fingerprint density at radius 1 is 1.42 bits per heavy atom. The average Bonchev–Trinajstić information content (AvgIpc) is 2.89. The quantitative estimate of drug-likeness (QED) is 0.924. The van der Waals surface area contributed by atoms with E-state index in [2.05, 4.69) is 32.5 Å². The van der Waals surface area contributed by atoms with Crippen molar-refractivity contribution in [3.05, 3.63) is 17.8 Å². The summed E-state index contributed by atoms with van der Waals surface area (Å²) in [5.74, 6) is 0.945. The van der Waals surface area contributed by atoms with Gasteiger partial charge in [0.2, 0.25) is 0 Å². The van der Waals surface area contributed by atoms with Gasteiger partial charge in [0.05, 0.1) is 23.4 Å². The fraction of sp³-hybridized carbons (Fsp3) is 0.538. The molecule has 102 valence electrons. The molecule has 3 rings (SSSR count). The zero-order valence-corrected chi connectivity index (χ0v) is 11.8. The molecule has 0 radical (unpaired) electrons. The molecular formula is C13H18N4OS. The van der Waals surface area contributed by atoms with E-state index < -0.39 is 0 Å². The number of nitrogens with zero attached hydrogens (tertiary/aromatic N) is 3. The van der Waals surface area contributed by atoms with Gasteiger partial charge in [-0.1, -0.05) is 0 Å². The molecule has 1 aliphatic heterocycles. The number of ether oxygens (including phenoxy) is 1. The highest BCUT2D eigenvalue weighted by Crippen LogP contribution is 2.25. The van der Waals surface area contributed by atoms with E-state index >= 15 is 0 Å². The van der Waals surface area contributed by atoms with Gasteiger partial charge in [-0.2, -0.15) is 0 Å². The topological polar surface area (TPSA) is 50.3 Å². The highest BCUT2D eigenvalue weighted by molar-refractivity contribution is 7.17. The van der Waals surface area contributed by atoms with Gasteiger partial charge in [0.15, 0.2) is 0 Å². The van der Waals surface area contributed by atoms with Gasteiger partial charge in [0.25, 0.3) is 0 Å². The molecular weight excluding hydrogens is 260 g/mol. The van der Waals surface area contributed by atoms with Crippen molar-refractivity contribution in [1.82, 2.24) is 14.9 Å². The molecule has 0 aliphatic carbocycles. The minimum atomic E-state index is 0.360. The van der Waals surface area contributed by atoms with Crippen LogP contribution in [0.2, 0.25) is 0 Å². The maximum absolute atomic E-state index is 5.37. The molecule has 3 heterocycles. The molecule has 5 nitrogen and oxygen atoms in total. The van der Waals surface area contributed by atoms with Crippen molar-refractivity contribution in [3.8, 4) is 0 Å². The van der Waals surface area contributed by atoms with Gasteiger partial charge in [-0.25, -0.2) is 9.97 Å². The van der Waals surface area contributed by atoms with Crippen LogP contribution in [0.15, 0.2) is 17.8 Å². The van der Waals surface area contributed by atoms with Gasteiger partial charge in [-0.3, -0.25) is 4.90 Å². The van der Waals surface area contributed by atoms with Crippen LogP contribution in [0.4, 0.5) is 5.82 Å². The predicted octanol–water partition coefficient (Wildman–Crippen LogP) is 1.82. The summed E-state index contributed by atoms with van der Waals surface area (Å²) in [7, 11) is 0. The van der Waals surface area contributed by atoms with Crippen LogP contribution < -0.4 is 5.32 Å². The minimum Gasteiger partial charge on any atom is -0.379 e. The second kappa shape index (κ2) is 5.81. The van der Waals surface area contributed by atoms with Crippen molar-refractivity contribution < 1.29 is 4.74 Å². The number of nitrogens with one attached hydrogen (secondary N) is 1. The van der Waals surface area contributed by atoms with Crippen molar-refractivity contribution in [2.24, 2.45) is 0 Å². The van der Waals surface area contributed by atoms with E-state index in [1.54, 1.807) is 17.7 Å². The molecule has 1 fully saturated rings. The van der Waals surface area contributed by atoms with Crippen molar-refractivity contribution >= 4 is 27.4 Å². The zero-order valence-electron chi connectivity index (χ0n) is 11.0. The fourth-order valence-electron chi connectivity index (χ4n) is 2.34. The van der Waals surface area contributed by atoms with Crippen LogP contribution in [0, 0.1) is 0 Å². The Bertz CT molecular complexity index is 538. The van der Waals surface area contributed by atoms with Crippen molar-refractivity contribution in [2.45, 2.75) is 13.0 Å². The number of thiophene rings is 1. The predicted molar refractivity (Wildman–Crippen MR) is 77.8 cm³/mol.